The summed E-state index contributed by atoms with van der Waals surface area (Å²) in [6.45, 7) is 4.11. The van der Waals surface area contributed by atoms with Gasteiger partial charge in [-0.3, -0.25) is 4.79 Å². The fourth-order valence-electron chi connectivity index (χ4n) is 5.21. The first-order valence-corrected chi connectivity index (χ1v) is 17.6. The lowest BCUT2D eigenvalue weighted by Gasteiger charge is -2.26. The van der Waals surface area contributed by atoms with Gasteiger partial charge in [0.05, 0.1) is 18.8 Å². The number of nitrogens with one attached hydrogen (secondary N) is 1. The molecule has 1 amide bonds. The van der Waals surface area contributed by atoms with Crippen LogP contribution in [0.4, 0.5) is 0 Å². The maximum atomic E-state index is 12.3. The molecule has 0 heterocycles. The predicted molar refractivity (Wildman–Crippen MR) is 176 cm³/mol. The SMILES string of the molecule is CCCCC/C=C\CCCCCCCC(=O)NC(CO)C(O)C(O)CCC/C=C/CCCCCCCCCCCC. The van der Waals surface area contributed by atoms with E-state index in [-0.39, 0.29) is 12.5 Å². The lowest BCUT2D eigenvalue weighted by molar-refractivity contribution is -0.124. The van der Waals surface area contributed by atoms with E-state index in [4.69, 9.17) is 0 Å². The highest BCUT2D eigenvalue weighted by atomic mass is 16.3. The molecule has 0 aromatic rings. The lowest BCUT2D eigenvalue weighted by atomic mass is 10.0. The minimum Gasteiger partial charge on any atom is -0.394 e. The largest absolute Gasteiger partial charge is 0.394 e. The Bertz CT molecular complexity index is 606. The average Bonchev–Trinajstić information content (AvgIpc) is 2.97. The number of amides is 1. The first kappa shape index (κ1) is 39.8. The molecule has 0 saturated heterocycles. The maximum absolute atomic E-state index is 12.3. The average molecular weight is 580 g/mol. The molecule has 3 atom stereocenters. The third-order valence-electron chi connectivity index (χ3n) is 8.03. The number of hydrogen-bond donors (Lipinski definition) is 4. The van der Waals surface area contributed by atoms with Crippen molar-refractivity contribution in [3.8, 4) is 0 Å². The fraction of sp³-hybridized carbons (Fsp3) is 0.861. The van der Waals surface area contributed by atoms with Crippen LogP contribution in [0.5, 0.6) is 0 Å². The zero-order valence-electron chi connectivity index (χ0n) is 27.2. The monoisotopic (exact) mass is 580 g/mol. The molecule has 0 aliphatic heterocycles. The van der Waals surface area contributed by atoms with Gasteiger partial charge in [0, 0.05) is 6.42 Å². The van der Waals surface area contributed by atoms with Crippen molar-refractivity contribution in [3.05, 3.63) is 24.3 Å². The van der Waals surface area contributed by atoms with Crippen LogP contribution in [0.3, 0.4) is 0 Å². The van der Waals surface area contributed by atoms with Crippen LogP contribution >= 0.6 is 0 Å². The van der Waals surface area contributed by atoms with E-state index >= 15 is 0 Å². The van der Waals surface area contributed by atoms with Crippen molar-refractivity contribution in [1.82, 2.24) is 5.32 Å². The smallest absolute Gasteiger partial charge is 0.220 e. The summed E-state index contributed by atoms with van der Waals surface area (Å²) in [6, 6.07) is -0.825. The Hall–Kier alpha value is -1.17. The molecule has 0 rings (SSSR count). The van der Waals surface area contributed by atoms with Gasteiger partial charge >= 0.3 is 0 Å². The molecule has 4 N–H and O–H groups in total. The van der Waals surface area contributed by atoms with Gasteiger partial charge in [-0.2, -0.15) is 0 Å². The highest BCUT2D eigenvalue weighted by Crippen LogP contribution is 2.13. The van der Waals surface area contributed by atoms with Gasteiger partial charge in [-0.05, 0) is 64.2 Å². The van der Waals surface area contributed by atoms with Crippen LogP contribution in [0, 0.1) is 0 Å². The molecule has 3 unspecified atom stereocenters. The van der Waals surface area contributed by atoms with E-state index in [1.807, 2.05) is 0 Å². The summed E-state index contributed by atoms with van der Waals surface area (Å²) in [7, 11) is 0. The minimum atomic E-state index is -1.16. The molecule has 41 heavy (non-hydrogen) atoms. The van der Waals surface area contributed by atoms with Crippen molar-refractivity contribution in [2.75, 3.05) is 6.61 Å². The molecule has 0 aromatic heterocycles. The summed E-state index contributed by atoms with van der Waals surface area (Å²) >= 11 is 0. The second kappa shape index (κ2) is 31.8. The second-order valence-corrected chi connectivity index (χ2v) is 12.1. The van der Waals surface area contributed by atoms with Crippen molar-refractivity contribution < 1.29 is 20.1 Å². The molecule has 5 nitrogen and oxygen atoms in total. The number of allylic oxidation sites excluding steroid dienone is 4. The molecule has 0 spiro atoms. The number of carbonyl (C=O) groups is 1. The van der Waals surface area contributed by atoms with Gasteiger partial charge in [0.15, 0.2) is 0 Å². The lowest BCUT2D eigenvalue weighted by Crippen LogP contribution is -2.50. The molecule has 242 valence electrons. The van der Waals surface area contributed by atoms with Gasteiger partial charge in [-0.1, -0.05) is 128 Å². The third kappa shape index (κ3) is 27.4. The molecule has 0 bridgehead atoms. The van der Waals surface area contributed by atoms with Crippen LogP contribution in [0.2, 0.25) is 0 Å². The molecular weight excluding hydrogens is 510 g/mol. The van der Waals surface area contributed by atoms with Gasteiger partial charge in [0.2, 0.25) is 5.91 Å². The number of aliphatic hydroxyl groups is 3. The number of aliphatic hydroxyl groups excluding tert-OH is 3. The van der Waals surface area contributed by atoms with Crippen molar-refractivity contribution >= 4 is 5.91 Å². The molecule has 0 aromatic carbocycles. The molecule has 0 radical (unpaired) electrons. The Morgan fingerprint density at radius 3 is 1.46 bits per heavy atom. The standard InChI is InChI=1S/C36H69NO4/c1-3-5-7-9-11-13-15-17-18-19-20-22-24-26-28-30-34(39)36(41)33(32-38)37-35(40)31-29-27-25-23-21-16-14-12-10-8-6-4-2/h12,14,22,24,33-34,36,38-39,41H,3-11,13,15-21,23,25-32H2,1-2H3,(H,37,40)/b14-12-,24-22+. The van der Waals surface area contributed by atoms with Crippen LogP contribution in [0.25, 0.3) is 0 Å². The zero-order chi connectivity index (χ0) is 30.2. The topological polar surface area (TPSA) is 89.8 Å². The van der Waals surface area contributed by atoms with Gasteiger partial charge < -0.3 is 20.6 Å². The van der Waals surface area contributed by atoms with Crippen molar-refractivity contribution in [2.45, 2.75) is 193 Å². The minimum absolute atomic E-state index is 0.166. The molecule has 0 aliphatic carbocycles. The van der Waals surface area contributed by atoms with E-state index in [1.54, 1.807) is 0 Å². The summed E-state index contributed by atoms with van der Waals surface area (Å²) in [5.74, 6) is -0.166. The highest BCUT2D eigenvalue weighted by molar-refractivity contribution is 5.76. The Labute approximate surface area is 254 Å². The van der Waals surface area contributed by atoms with E-state index in [2.05, 4.69) is 43.5 Å². The van der Waals surface area contributed by atoms with Gasteiger partial charge in [-0.25, -0.2) is 0 Å². The predicted octanol–water partition coefficient (Wildman–Crippen LogP) is 9.09. The van der Waals surface area contributed by atoms with Crippen molar-refractivity contribution in [2.24, 2.45) is 0 Å². The normalized spacial score (nSPS) is 14.2. The van der Waals surface area contributed by atoms with Crippen LogP contribution in [0.15, 0.2) is 24.3 Å². The van der Waals surface area contributed by atoms with E-state index in [0.717, 1.165) is 44.9 Å². The fourth-order valence-corrected chi connectivity index (χ4v) is 5.21. The first-order valence-electron chi connectivity index (χ1n) is 17.6. The van der Waals surface area contributed by atoms with Gasteiger partial charge in [0.25, 0.3) is 0 Å². The van der Waals surface area contributed by atoms with E-state index in [9.17, 15) is 20.1 Å². The summed E-state index contributed by atoms with van der Waals surface area (Å²) < 4.78 is 0. The Morgan fingerprint density at radius 2 is 0.976 bits per heavy atom. The van der Waals surface area contributed by atoms with Gasteiger partial charge in [-0.15, -0.1) is 0 Å². The van der Waals surface area contributed by atoms with Crippen LogP contribution in [-0.4, -0.2) is 46.1 Å². The van der Waals surface area contributed by atoms with E-state index < -0.39 is 18.2 Å². The third-order valence-corrected chi connectivity index (χ3v) is 8.03. The Morgan fingerprint density at radius 1 is 0.585 bits per heavy atom. The van der Waals surface area contributed by atoms with Crippen LogP contribution < -0.4 is 5.32 Å². The Kier molecular flexibility index (Phi) is 30.9. The van der Waals surface area contributed by atoms with Crippen molar-refractivity contribution in [3.63, 3.8) is 0 Å². The molecule has 0 saturated carbocycles. The zero-order valence-corrected chi connectivity index (χ0v) is 27.2. The first-order chi connectivity index (χ1) is 20.1. The summed E-state index contributed by atoms with van der Waals surface area (Å²) in [6.07, 6.45) is 35.5. The summed E-state index contributed by atoms with van der Waals surface area (Å²) in [5.41, 5.74) is 0. The number of rotatable bonds is 31. The second-order valence-electron chi connectivity index (χ2n) is 12.1. The summed E-state index contributed by atoms with van der Waals surface area (Å²) in [4.78, 5) is 12.3. The molecular formula is C36H69NO4. The van der Waals surface area contributed by atoms with Crippen LogP contribution in [-0.2, 0) is 4.79 Å². The molecule has 0 fully saturated rings. The van der Waals surface area contributed by atoms with E-state index in [0.29, 0.717) is 12.8 Å². The maximum Gasteiger partial charge on any atom is 0.220 e. The quantitative estimate of drug-likeness (QED) is 0.0487. The van der Waals surface area contributed by atoms with Crippen molar-refractivity contribution in [1.29, 1.82) is 0 Å². The molecule has 0 aliphatic rings. The summed E-state index contributed by atoms with van der Waals surface area (Å²) in [5, 5.41) is 33.2. The number of hydrogen-bond acceptors (Lipinski definition) is 4. The number of carbonyl (C=O) groups excluding carboxylic acids is 1. The number of unbranched alkanes of at least 4 members (excludes halogenated alkanes) is 19. The Balaban J connectivity index is 3.77. The highest BCUT2D eigenvalue weighted by Gasteiger charge is 2.26. The van der Waals surface area contributed by atoms with E-state index in [1.165, 1.54) is 103 Å². The molecule has 5 heteroatoms. The van der Waals surface area contributed by atoms with Gasteiger partial charge in [0.1, 0.15) is 6.10 Å². The van der Waals surface area contributed by atoms with Crippen LogP contribution in [0.1, 0.15) is 174 Å².